The molecule has 0 bridgehead atoms. The topological polar surface area (TPSA) is 49.8 Å². The Labute approximate surface area is 135 Å². The van der Waals surface area contributed by atoms with Gasteiger partial charge in [0.25, 0.3) is 0 Å². The number of anilines is 2. The van der Waals surface area contributed by atoms with E-state index in [0.29, 0.717) is 16.8 Å². The summed E-state index contributed by atoms with van der Waals surface area (Å²) in [4.78, 5) is 11.3. The van der Waals surface area contributed by atoms with Crippen molar-refractivity contribution in [3.05, 3.63) is 32.6 Å². The van der Waals surface area contributed by atoms with E-state index in [1.165, 1.54) is 15.3 Å². The van der Waals surface area contributed by atoms with Gasteiger partial charge in [-0.2, -0.15) is 4.98 Å². The normalized spacial score (nSPS) is 12.2. The predicted molar refractivity (Wildman–Crippen MR) is 91.7 cm³/mol. The summed E-state index contributed by atoms with van der Waals surface area (Å²) in [6.45, 7) is 9.33. The Hall–Kier alpha value is -1.33. The van der Waals surface area contributed by atoms with E-state index in [4.69, 9.17) is 11.6 Å². The summed E-state index contributed by atoms with van der Waals surface area (Å²) in [6.07, 6.45) is 2.66. The Morgan fingerprint density at radius 3 is 2.76 bits per heavy atom. The van der Waals surface area contributed by atoms with Crippen LogP contribution in [0.2, 0.25) is 5.02 Å². The summed E-state index contributed by atoms with van der Waals surface area (Å²) in [7, 11) is 0. The van der Waals surface area contributed by atoms with Gasteiger partial charge in [-0.25, -0.2) is 4.98 Å². The SMILES string of the molecule is CCCNc1ncc(Cl)c(NC(C)c2cc(C)sc2C)n1. The molecule has 2 aromatic rings. The maximum absolute atomic E-state index is 6.19. The lowest BCUT2D eigenvalue weighted by atomic mass is 10.1. The summed E-state index contributed by atoms with van der Waals surface area (Å²) >= 11 is 8.00. The zero-order chi connectivity index (χ0) is 15.4. The van der Waals surface area contributed by atoms with Crippen LogP contribution in [0.1, 0.15) is 41.6 Å². The Balaban J connectivity index is 2.16. The van der Waals surface area contributed by atoms with Gasteiger partial charge in [0.1, 0.15) is 5.02 Å². The lowest BCUT2D eigenvalue weighted by molar-refractivity contribution is 0.867. The first kappa shape index (κ1) is 16.0. The van der Waals surface area contributed by atoms with Crippen LogP contribution in [0.4, 0.5) is 11.8 Å². The lowest BCUT2D eigenvalue weighted by Gasteiger charge is -2.16. The molecule has 0 amide bonds. The van der Waals surface area contributed by atoms with Gasteiger partial charge in [-0.15, -0.1) is 11.3 Å². The van der Waals surface area contributed by atoms with Crippen molar-refractivity contribution in [2.45, 2.75) is 40.2 Å². The molecular weight excluding hydrogens is 304 g/mol. The van der Waals surface area contributed by atoms with Crippen molar-refractivity contribution in [2.75, 3.05) is 17.2 Å². The molecule has 2 rings (SSSR count). The Morgan fingerprint density at radius 1 is 1.38 bits per heavy atom. The fraction of sp³-hybridized carbons (Fsp3) is 0.467. The number of rotatable bonds is 6. The molecule has 0 aromatic carbocycles. The number of halogens is 1. The molecule has 2 N–H and O–H groups in total. The molecule has 0 saturated carbocycles. The van der Waals surface area contributed by atoms with E-state index < -0.39 is 0 Å². The first-order valence-corrected chi connectivity index (χ1v) is 8.30. The van der Waals surface area contributed by atoms with Crippen molar-refractivity contribution in [1.29, 1.82) is 0 Å². The third-order valence-corrected chi connectivity index (χ3v) is 4.43. The molecule has 1 unspecified atom stereocenters. The van der Waals surface area contributed by atoms with Gasteiger partial charge in [-0.05, 0) is 38.8 Å². The van der Waals surface area contributed by atoms with E-state index in [1.54, 1.807) is 6.20 Å². The summed E-state index contributed by atoms with van der Waals surface area (Å²) in [5.41, 5.74) is 1.29. The van der Waals surface area contributed by atoms with E-state index in [0.717, 1.165) is 13.0 Å². The van der Waals surface area contributed by atoms with Crippen molar-refractivity contribution in [3.63, 3.8) is 0 Å². The van der Waals surface area contributed by atoms with Crippen LogP contribution >= 0.6 is 22.9 Å². The Kier molecular flexibility index (Phi) is 5.42. The van der Waals surface area contributed by atoms with Crippen LogP contribution in [-0.2, 0) is 0 Å². The second kappa shape index (κ2) is 7.09. The third kappa shape index (κ3) is 4.08. The van der Waals surface area contributed by atoms with Crippen molar-refractivity contribution >= 4 is 34.7 Å². The number of nitrogens with one attached hydrogen (secondary N) is 2. The number of hydrogen-bond acceptors (Lipinski definition) is 5. The second-order valence-corrected chi connectivity index (χ2v) is 6.92. The highest BCUT2D eigenvalue weighted by molar-refractivity contribution is 7.12. The van der Waals surface area contributed by atoms with Gasteiger partial charge >= 0.3 is 0 Å². The first-order valence-electron chi connectivity index (χ1n) is 7.11. The first-order chi connectivity index (χ1) is 10.0. The van der Waals surface area contributed by atoms with Gasteiger partial charge in [0.15, 0.2) is 5.82 Å². The van der Waals surface area contributed by atoms with Crippen LogP contribution in [0, 0.1) is 13.8 Å². The monoisotopic (exact) mass is 324 g/mol. The van der Waals surface area contributed by atoms with Gasteiger partial charge in [-0.3, -0.25) is 0 Å². The lowest BCUT2D eigenvalue weighted by Crippen LogP contribution is -2.11. The number of hydrogen-bond donors (Lipinski definition) is 2. The van der Waals surface area contributed by atoms with Gasteiger partial charge in [0.2, 0.25) is 5.95 Å². The maximum atomic E-state index is 6.19. The molecule has 0 radical (unpaired) electrons. The largest absolute Gasteiger partial charge is 0.362 e. The van der Waals surface area contributed by atoms with E-state index in [-0.39, 0.29) is 6.04 Å². The average molecular weight is 325 g/mol. The van der Waals surface area contributed by atoms with E-state index >= 15 is 0 Å². The van der Waals surface area contributed by atoms with Crippen LogP contribution in [0.15, 0.2) is 12.3 Å². The molecule has 114 valence electrons. The quantitative estimate of drug-likeness (QED) is 0.801. The number of aryl methyl sites for hydroxylation is 2. The summed E-state index contributed by atoms with van der Waals surface area (Å²) < 4.78 is 0. The second-order valence-electron chi connectivity index (χ2n) is 5.05. The molecule has 0 aliphatic heterocycles. The van der Waals surface area contributed by atoms with E-state index in [9.17, 15) is 0 Å². The smallest absolute Gasteiger partial charge is 0.224 e. The van der Waals surface area contributed by atoms with Crippen LogP contribution in [-0.4, -0.2) is 16.5 Å². The third-order valence-electron chi connectivity index (χ3n) is 3.18. The van der Waals surface area contributed by atoms with Gasteiger partial charge in [0, 0.05) is 16.3 Å². The minimum atomic E-state index is 0.154. The van der Waals surface area contributed by atoms with Crippen LogP contribution in [0.5, 0.6) is 0 Å². The standard InChI is InChI=1S/C15H21ClN4S/c1-5-6-17-15-18-8-13(16)14(20-15)19-10(3)12-7-9(2)21-11(12)4/h7-8,10H,5-6H2,1-4H3,(H2,17,18,19,20). The molecule has 0 fully saturated rings. The van der Waals surface area contributed by atoms with Crippen LogP contribution in [0.25, 0.3) is 0 Å². The maximum Gasteiger partial charge on any atom is 0.224 e. The molecule has 2 heterocycles. The number of aromatic nitrogens is 2. The summed E-state index contributed by atoms with van der Waals surface area (Å²) in [5, 5.41) is 7.09. The highest BCUT2D eigenvalue weighted by Gasteiger charge is 2.14. The van der Waals surface area contributed by atoms with Gasteiger partial charge < -0.3 is 10.6 Å². The van der Waals surface area contributed by atoms with Crippen molar-refractivity contribution in [2.24, 2.45) is 0 Å². The highest BCUT2D eigenvalue weighted by Crippen LogP contribution is 2.30. The Morgan fingerprint density at radius 2 is 2.14 bits per heavy atom. The number of nitrogens with zero attached hydrogens (tertiary/aromatic N) is 2. The molecule has 21 heavy (non-hydrogen) atoms. The fourth-order valence-electron chi connectivity index (χ4n) is 2.15. The molecule has 4 nitrogen and oxygen atoms in total. The molecule has 0 aliphatic rings. The van der Waals surface area contributed by atoms with E-state index in [2.05, 4.69) is 54.4 Å². The fourth-order valence-corrected chi connectivity index (χ4v) is 3.32. The summed E-state index contributed by atoms with van der Waals surface area (Å²) in [6, 6.07) is 2.37. The zero-order valence-corrected chi connectivity index (χ0v) is 14.4. The molecule has 0 saturated heterocycles. The van der Waals surface area contributed by atoms with Crippen LogP contribution in [0.3, 0.4) is 0 Å². The van der Waals surface area contributed by atoms with Crippen molar-refractivity contribution in [1.82, 2.24) is 9.97 Å². The van der Waals surface area contributed by atoms with Gasteiger partial charge in [-0.1, -0.05) is 18.5 Å². The van der Waals surface area contributed by atoms with Crippen molar-refractivity contribution < 1.29 is 0 Å². The average Bonchev–Trinajstić information content (AvgIpc) is 2.78. The molecule has 1 atom stereocenters. The minimum Gasteiger partial charge on any atom is -0.362 e. The number of thiophene rings is 1. The zero-order valence-electron chi connectivity index (χ0n) is 12.8. The van der Waals surface area contributed by atoms with E-state index in [1.807, 2.05) is 11.3 Å². The van der Waals surface area contributed by atoms with Crippen molar-refractivity contribution in [3.8, 4) is 0 Å². The van der Waals surface area contributed by atoms with Crippen LogP contribution < -0.4 is 10.6 Å². The molecule has 2 aromatic heterocycles. The highest BCUT2D eigenvalue weighted by atomic mass is 35.5. The molecule has 0 aliphatic carbocycles. The minimum absolute atomic E-state index is 0.154. The predicted octanol–water partition coefficient (Wildman–Crippen LogP) is 4.80. The molecular formula is C15H21ClN4S. The Bertz CT molecular complexity index is 612. The van der Waals surface area contributed by atoms with Gasteiger partial charge in [0.05, 0.1) is 12.2 Å². The summed E-state index contributed by atoms with van der Waals surface area (Å²) in [5.74, 6) is 1.27. The molecule has 0 spiro atoms. The molecule has 6 heteroatoms.